The molecule has 12 rings (SSSR count). The molecule has 0 atom stereocenters. The molecule has 0 N–H and O–H groups in total. The van der Waals surface area contributed by atoms with Gasteiger partial charge in [-0.3, -0.25) is 29.9 Å². The summed E-state index contributed by atoms with van der Waals surface area (Å²) in [5.74, 6) is 4.46. The fourth-order valence-electron chi connectivity index (χ4n) is 9.09. The van der Waals surface area contributed by atoms with Gasteiger partial charge in [-0.2, -0.15) is 0 Å². The van der Waals surface area contributed by atoms with Crippen LogP contribution in [-0.4, -0.2) is 39.9 Å². The van der Waals surface area contributed by atoms with E-state index in [-0.39, 0.29) is 0 Å². The maximum absolute atomic E-state index is 4.83. The van der Waals surface area contributed by atoms with Gasteiger partial charge < -0.3 is 0 Å². The van der Waals surface area contributed by atoms with E-state index in [2.05, 4.69) is 265 Å². The number of aromatic nitrogens is 8. The lowest BCUT2D eigenvalue weighted by molar-refractivity contribution is 0.823. The van der Waals surface area contributed by atoms with Gasteiger partial charge in [0.05, 0.1) is 5.69 Å². The molecule has 0 aliphatic heterocycles. The third-order valence-electron chi connectivity index (χ3n) is 15.0. The molecule has 0 aliphatic rings. The third-order valence-corrected chi connectivity index (χ3v) is 15.0. The van der Waals surface area contributed by atoms with E-state index in [1.807, 2.05) is 147 Å². The predicted octanol–water partition coefficient (Wildman–Crippen LogP) is 23.2. The number of benzene rings is 5. The summed E-state index contributed by atoms with van der Waals surface area (Å²) in [7, 11) is 0. The Morgan fingerprint density at radius 2 is 0.667 bits per heavy atom. The van der Waals surface area contributed by atoms with Crippen molar-refractivity contribution >= 4 is 0 Å². The number of hydrogen-bond donors (Lipinski definition) is 0. The van der Waals surface area contributed by atoms with Crippen LogP contribution in [0.25, 0.3) is 56.0 Å². The van der Waals surface area contributed by atoms with Crippen LogP contribution in [0.15, 0.2) is 286 Å². The van der Waals surface area contributed by atoms with Crippen molar-refractivity contribution in [3.8, 4) is 56.0 Å². The lowest BCUT2D eigenvalue weighted by Gasteiger charge is -2.11. The van der Waals surface area contributed by atoms with Crippen molar-refractivity contribution in [2.75, 3.05) is 0 Å². The van der Waals surface area contributed by atoms with Crippen LogP contribution in [0.4, 0.5) is 0 Å². The van der Waals surface area contributed by atoms with Crippen LogP contribution in [0.1, 0.15) is 178 Å². The molecule has 0 aliphatic carbocycles. The number of rotatable bonds is 12. The van der Waals surface area contributed by atoms with E-state index < -0.39 is 0 Å². The summed E-state index contributed by atoms with van der Waals surface area (Å²) in [4.78, 5) is 34.3. The highest BCUT2D eigenvalue weighted by Crippen LogP contribution is 2.29. The molecule has 12 aromatic rings. The van der Waals surface area contributed by atoms with Gasteiger partial charge in [0.25, 0.3) is 0 Å². The van der Waals surface area contributed by atoms with Crippen LogP contribution >= 0.6 is 0 Å². The first-order valence-corrected chi connectivity index (χ1v) is 32.7. The second kappa shape index (κ2) is 39.4. The molecule has 8 nitrogen and oxygen atoms in total. The monoisotopic (exact) mass is 1230 g/mol. The maximum atomic E-state index is 4.83. The van der Waals surface area contributed by atoms with Crippen molar-refractivity contribution in [2.24, 2.45) is 0 Å². The Morgan fingerprint density at radius 1 is 0.215 bits per heavy atom. The molecule has 476 valence electrons. The molecule has 0 radical (unpaired) electrons. The molecule has 5 aromatic carbocycles. The van der Waals surface area contributed by atoms with E-state index in [1.54, 1.807) is 6.20 Å². The third kappa shape index (κ3) is 25.4. The number of pyridine rings is 6. The van der Waals surface area contributed by atoms with Crippen LogP contribution < -0.4 is 0 Å². The first-order valence-electron chi connectivity index (χ1n) is 32.7. The summed E-state index contributed by atoms with van der Waals surface area (Å²) in [5.41, 5.74) is 19.2. The summed E-state index contributed by atoms with van der Waals surface area (Å²) in [5, 5.41) is 0. The van der Waals surface area contributed by atoms with E-state index in [1.165, 1.54) is 55.6 Å². The smallest absolute Gasteiger partial charge is 0.159 e. The molecule has 93 heavy (non-hydrogen) atoms. The maximum Gasteiger partial charge on any atom is 0.159 e. The lowest BCUT2D eigenvalue weighted by atomic mass is 9.99. The Hall–Kier alpha value is -9.92. The van der Waals surface area contributed by atoms with Gasteiger partial charge in [0.15, 0.2) is 5.82 Å². The summed E-state index contributed by atoms with van der Waals surface area (Å²) in [6.07, 6.45) is 18.7. The van der Waals surface area contributed by atoms with Gasteiger partial charge in [0, 0.05) is 95.7 Å². The fourth-order valence-corrected chi connectivity index (χ4v) is 9.09. The molecule has 7 heterocycles. The van der Waals surface area contributed by atoms with E-state index in [0.717, 1.165) is 39.7 Å². The summed E-state index contributed by atoms with van der Waals surface area (Å²) in [6, 6.07) is 76.6. The van der Waals surface area contributed by atoms with Crippen molar-refractivity contribution in [1.29, 1.82) is 0 Å². The molecule has 0 fully saturated rings. The van der Waals surface area contributed by atoms with Gasteiger partial charge in [-0.15, -0.1) is 0 Å². The average Bonchev–Trinajstić information content (AvgIpc) is 2.05. The Morgan fingerprint density at radius 3 is 1.11 bits per heavy atom. The van der Waals surface area contributed by atoms with Crippen LogP contribution in [0.2, 0.25) is 0 Å². The zero-order valence-corrected chi connectivity index (χ0v) is 57.3. The van der Waals surface area contributed by atoms with E-state index in [9.17, 15) is 0 Å². The summed E-state index contributed by atoms with van der Waals surface area (Å²) < 4.78 is 0. The fraction of sp³-hybridized carbons (Fsp3) is 0.247. The van der Waals surface area contributed by atoms with Gasteiger partial charge in [-0.1, -0.05) is 261 Å². The van der Waals surface area contributed by atoms with Crippen molar-refractivity contribution in [1.82, 2.24) is 39.9 Å². The lowest BCUT2D eigenvalue weighted by Crippen LogP contribution is -1.96. The molecule has 0 saturated carbocycles. The van der Waals surface area contributed by atoms with Gasteiger partial charge >= 0.3 is 0 Å². The number of hydrogen-bond acceptors (Lipinski definition) is 8. The zero-order valence-electron chi connectivity index (χ0n) is 57.3. The Balaban J connectivity index is 0.000000176. The van der Waals surface area contributed by atoms with Crippen molar-refractivity contribution in [3.05, 3.63) is 326 Å². The molecular formula is C85H96N8. The zero-order chi connectivity index (χ0) is 66.7. The van der Waals surface area contributed by atoms with Gasteiger partial charge in [0.1, 0.15) is 0 Å². The minimum Gasteiger partial charge on any atom is -0.265 e. The van der Waals surface area contributed by atoms with Crippen molar-refractivity contribution in [3.63, 3.8) is 0 Å². The van der Waals surface area contributed by atoms with E-state index in [0.29, 0.717) is 41.4 Å². The Bertz CT molecular complexity index is 3660. The van der Waals surface area contributed by atoms with E-state index >= 15 is 0 Å². The van der Waals surface area contributed by atoms with Crippen LogP contribution in [0.3, 0.4) is 0 Å². The predicted molar refractivity (Wildman–Crippen MR) is 393 cm³/mol. The van der Waals surface area contributed by atoms with Gasteiger partial charge in [0.2, 0.25) is 0 Å². The number of nitrogens with zero attached hydrogens (tertiary/aromatic N) is 8. The molecule has 8 heteroatoms. The van der Waals surface area contributed by atoms with E-state index in [4.69, 9.17) is 4.98 Å². The largest absolute Gasteiger partial charge is 0.265 e. The van der Waals surface area contributed by atoms with Crippen LogP contribution in [-0.2, 0) is 0 Å². The molecule has 0 bridgehead atoms. The topological polar surface area (TPSA) is 103 Å². The second-order valence-corrected chi connectivity index (χ2v) is 24.7. The van der Waals surface area contributed by atoms with Gasteiger partial charge in [-0.25, -0.2) is 9.97 Å². The average molecular weight is 1230 g/mol. The molecule has 0 saturated heterocycles. The first-order chi connectivity index (χ1) is 45.0. The minimum atomic E-state index is 0.413. The quantitative estimate of drug-likeness (QED) is 0.119. The summed E-state index contributed by atoms with van der Waals surface area (Å²) >= 11 is 0. The highest BCUT2D eigenvalue weighted by Gasteiger charge is 2.10. The van der Waals surface area contributed by atoms with Gasteiger partial charge in [-0.05, 0) is 152 Å². The molecular weight excluding hydrogens is 1130 g/mol. The SMILES string of the molecule is CC(C)c1cc(-c2ccccc2)cc(-c2ccccc2)n1.CC(C)c1cc(-c2ccccc2)ccn1.CC(C)c1ccccn1.CC(C)c1cccnc1.CC(C)c1ccncc1.CC(C)c1cnc(-c2ccccc2)nc1.CC(C)c1cncc(-c2ccccc2)c1. The Kier molecular flexibility index (Phi) is 30.5. The highest BCUT2D eigenvalue weighted by molar-refractivity contribution is 5.71. The van der Waals surface area contributed by atoms with Crippen molar-refractivity contribution in [2.45, 2.75) is 138 Å². The first kappa shape index (κ1) is 72.1. The van der Waals surface area contributed by atoms with Crippen LogP contribution in [0, 0.1) is 0 Å². The second-order valence-electron chi connectivity index (χ2n) is 24.7. The molecule has 0 spiro atoms. The highest BCUT2D eigenvalue weighted by atomic mass is 14.9. The van der Waals surface area contributed by atoms with Crippen LogP contribution in [0.5, 0.6) is 0 Å². The molecule has 0 unspecified atom stereocenters. The Labute approximate surface area is 557 Å². The molecule has 0 amide bonds. The standard InChI is InChI=1S/C20H19N.2C14H15N.C13H14N2.3C8H11N/c1-15(2)19-13-18(16-9-5-3-6-10-16)14-20(21-19)17-11-7-4-8-12-17;1-11(2)13-8-14(10-15-9-13)12-6-4-3-5-7-12;1-11(2)14-10-13(8-9-15-14)12-6-4-3-5-7-12;1-10(2)12-8-14-13(15-9-12)11-6-4-3-5-7-11;1-7(2)8-3-5-9-6-4-8;1-7(2)8-4-3-5-9-6-8;1-7(2)8-5-3-4-6-9-8/h3-15H,1-2H3;2*3-11H,1-2H3;3-10H,1-2H3;3*3-7H,1-2H3. The normalized spacial score (nSPS) is 10.5. The molecule has 7 aromatic heterocycles. The summed E-state index contributed by atoms with van der Waals surface area (Å²) in [6.45, 7) is 30.3. The van der Waals surface area contributed by atoms with Crippen molar-refractivity contribution < 1.29 is 0 Å². The minimum absolute atomic E-state index is 0.413.